The van der Waals surface area contributed by atoms with E-state index in [0.717, 1.165) is 9.80 Å². The van der Waals surface area contributed by atoms with E-state index in [2.05, 4.69) is 0 Å². The molecule has 2 bridgehead atoms. The van der Waals surface area contributed by atoms with Gasteiger partial charge < -0.3 is 10.2 Å². The molecule has 2 aromatic rings. The zero-order valence-electron chi connectivity index (χ0n) is 17.8. The van der Waals surface area contributed by atoms with Crippen molar-refractivity contribution in [3.63, 3.8) is 0 Å². The van der Waals surface area contributed by atoms with E-state index in [1.165, 1.54) is 12.1 Å². The van der Waals surface area contributed by atoms with Crippen LogP contribution < -0.4 is 9.80 Å². The van der Waals surface area contributed by atoms with Crippen molar-refractivity contribution in [2.75, 3.05) is 9.80 Å². The first-order chi connectivity index (χ1) is 16.4. The van der Waals surface area contributed by atoms with Crippen molar-refractivity contribution in [2.24, 2.45) is 47.3 Å². The Bertz CT molecular complexity index is 1290. The highest BCUT2D eigenvalue weighted by Crippen LogP contribution is 2.68. The van der Waals surface area contributed by atoms with Gasteiger partial charge in [-0.15, -0.1) is 0 Å². The predicted octanol–water partition coefficient (Wildman–Crippen LogP) is 2.07. The van der Waals surface area contributed by atoms with Gasteiger partial charge in [0.05, 0.1) is 35.0 Å². The molecule has 8 rings (SSSR count). The number of para-hydroxylation sites is 4. The molecule has 0 aromatic heterocycles. The number of phenols is 2. The summed E-state index contributed by atoms with van der Waals surface area (Å²) in [5.74, 6) is -5.23. The number of benzene rings is 2. The number of allylic oxidation sites excluding steroid dienone is 2. The summed E-state index contributed by atoms with van der Waals surface area (Å²) in [5.41, 5.74) is 0.332. The molecule has 0 spiro atoms. The number of hydrogen-bond acceptors (Lipinski definition) is 6. The van der Waals surface area contributed by atoms with Gasteiger partial charge in [-0.25, -0.2) is 9.80 Å². The third-order valence-corrected chi connectivity index (χ3v) is 8.59. The van der Waals surface area contributed by atoms with E-state index in [0.29, 0.717) is 0 Å². The second-order valence-electron chi connectivity index (χ2n) is 9.80. The van der Waals surface area contributed by atoms with Crippen LogP contribution in [0.25, 0.3) is 0 Å². The van der Waals surface area contributed by atoms with E-state index in [-0.39, 0.29) is 70.2 Å². The molecule has 34 heavy (non-hydrogen) atoms. The number of imide groups is 2. The molecule has 2 heterocycles. The smallest absolute Gasteiger partial charge is 0.238 e. The van der Waals surface area contributed by atoms with E-state index in [1.54, 1.807) is 36.4 Å². The fraction of sp³-hybridized carbons (Fsp3) is 0.308. The molecule has 2 N–H and O–H groups in total. The minimum absolute atomic E-state index is 0.143. The highest BCUT2D eigenvalue weighted by Gasteiger charge is 2.75. The van der Waals surface area contributed by atoms with E-state index in [1.807, 2.05) is 12.2 Å². The van der Waals surface area contributed by atoms with Crippen LogP contribution in [-0.4, -0.2) is 33.8 Å². The van der Waals surface area contributed by atoms with Crippen LogP contribution in [0.4, 0.5) is 11.4 Å². The van der Waals surface area contributed by atoms with Crippen molar-refractivity contribution in [3.05, 3.63) is 60.7 Å². The molecule has 2 aliphatic heterocycles. The van der Waals surface area contributed by atoms with Crippen molar-refractivity contribution in [3.8, 4) is 11.5 Å². The highest BCUT2D eigenvalue weighted by atomic mass is 16.3. The standard InChI is InChI=1S/C26H20N2O6/c29-15-7-3-1-5-13(15)27-23(31)19-11-9-10-12(20(19)24(27)32)18-17(11)21-22(18)26(34)28(25(21)33)14-6-2-4-8-16(14)30/h1-12,17-22,29-30H/t11-,12+,17-,18-,19+,20+,21-,22-/m1/s1. The van der Waals surface area contributed by atoms with Gasteiger partial charge in [-0.1, -0.05) is 36.4 Å². The first-order valence-electron chi connectivity index (χ1n) is 11.4. The Labute approximate surface area is 194 Å². The lowest BCUT2D eigenvalue weighted by atomic mass is 9.40. The van der Waals surface area contributed by atoms with Gasteiger partial charge in [-0.3, -0.25) is 19.2 Å². The Kier molecular flexibility index (Phi) is 3.64. The van der Waals surface area contributed by atoms with Crippen LogP contribution >= 0.6 is 0 Å². The summed E-state index contributed by atoms with van der Waals surface area (Å²) >= 11 is 0. The average Bonchev–Trinajstić information content (AvgIpc) is 3.19. The van der Waals surface area contributed by atoms with Crippen LogP contribution in [-0.2, 0) is 19.2 Å². The molecule has 8 heteroatoms. The molecule has 0 radical (unpaired) electrons. The molecule has 170 valence electrons. The van der Waals surface area contributed by atoms with Crippen LogP contribution in [0.2, 0.25) is 0 Å². The van der Waals surface area contributed by atoms with Gasteiger partial charge in [0, 0.05) is 0 Å². The third-order valence-electron chi connectivity index (χ3n) is 8.59. The van der Waals surface area contributed by atoms with Crippen molar-refractivity contribution in [1.29, 1.82) is 0 Å². The second-order valence-corrected chi connectivity index (χ2v) is 9.80. The predicted molar refractivity (Wildman–Crippen MR) is 118 cm³/mol. The molecule has 0 unspecified atom stereocenters. The number of aromatic hydroxyl groups is 2. The maximum absolute atomic E-state index is 13.5. The van der Waals surface area contributed by atoms with Crippen LogP contribution in [0.3, 0.4) is 0 Å². The number of rotatable bonds is 2. The summed E-state index contributed by atoms with van der Waals surface area (Å²) in [6.45, 7) is 0. The maximum Gasteiger partial charge on any atom is 0.238 e. The Balaban J connectivity index is 1.27. The molecular formula is C26H20N2O6. The monoisotopic (exact) mass is 456 g/mol. The molecule has 6 aliphatic rings. The Hall–Kier alpha value is -3.94. The third kappa shape index (κ3) is 2.09. The van der Waals surface area contributed by atoms with Gasteiger partial charge in [0.25, 0.3) is 0 Å². The van der Waals surface area contributed by atoms with Gasteiger partial charge in [0.1, 0.15) is 11.5 Å². The summed E-state index contributed by atoms with van der Waals surface area (Å²) in [6.07, 6.45) is 3.87. The number of phenolic OH excluding ortho intramolecular Hbond substituents is 2. The quantitative estimate of drug-likeness (QED) is 0.528. The van der Waals surface area contributed by atoms with Gasteiger partial charge in [-0.05, 0) is 47.9 Å². The minimum Gasteiger partial charge on any atom is -0.506 e. The fourth-order valence-corrected chi connectivity index (χ4v) is 7.38. The van der Waals surface area contributed by atoms with Crippen molar-refractivity contribution in [2.45, 2.75) is 0 Å². The maximum atomic E-state index is 13.5. The number of carbonyl (C=O) groups is 4. The summed E-state index contributed by atoms with van der Waals surface area (Å²) in [6, 6.07) is 12.5. The highest BCUT2D eigenvalue weighted by molar-refractivity contribution is 6.25. The summed E-state index contributed by atoms with van der Waals surface area (Å²) in [4.78, 5) is 56.0. The number of anilines is 2. The summed E-state index contributed by atoms with van der Waals surface area (Å²) in [7, 11) is 0. The number of amides is 4. The normalized spacial score (nSPS) is 37.1. The largest absolute Gasteiger partial charge is 0.506 e. The minimum atomic E-state index is -0.619. The SMILES string of the molecule is O=C1[C@H]2[C@H]3C=C[C@@H]([C@@H]2C(=O)N1c1ccccc1O)[C@H]1[C@H]2C(=O)N(c4ccccc4O)C(=O)[C@@H]2[C@H]31. The lowest BCUT2D eigenvalue weighted by Gasteiger charge is -2.60. The van der Waals surface area contributed by atoms with E-state index in [9.17, 15) is 29.4 Å². The topological polar surface area (TPSA) is 115 Å². The molecule has 2 saturated heterocycles. The molecule has 4 fully saturated rings. The second kappa shape index (κ2) is 6.34. The van der Waals surface area contributed by atoms with Gasteiger partial charge in [-0.2, -0.15) is 0 Å². The first kappa shape index (κ1) is 19.5. The number of hydrogen-bond donors (Lipinski definition) is 2. The lowest BCUT2D eigenvalue weighted by molar-refractivity contribution is -0.166. The molecule has 2 aromatic carbocycles. The van der Waals surface area contributed by atoms with Crippen LogP contribution in [0.15, 0.2) is 60.7 Å². The molecule has 8 atom stereocenters. The lowest BCUT2D eigenvalue weighted by Crippen LogP contribution is -2.63. The molecule has 4 amide bonds. The van der Waals surface area contributed by atoms with Crippen LogP contribution in [0, 0.1) is 47.3 Å². The van der Waals surface area contributed by atoms with Gasteiger partial charge >= 0.3 is 0 Å². The molecule has 4 aliphatic carbocycles. The Morgan fingerprint density at radius 1 is 0.529 bits per heavy atom. The van der Waals surface area contributed by atoms with E-state index < -0.39 is 23.7 Å². The van der Waals surface area contributed by atoms with Crippen molar-refractivity contribution >= 4 is 35.0 Å². The molecule has 2 saturated carbocycles. The summed E-state index contributed by atoms with van der Waals surface area (Å²) < 4.78 is 0. The fourth-order valence-electron chi connectivity index (χ4n) is 7.38. The summed E-state index contributed by atoms with van der Waals surface area (Å²) in [5, 5.41) is 20.5. The van der Waals surface area contributed by atoms with Crippen LogP contribution in [0.1, 0.15) is 0 Å². The van der Waals surface area contributed by atoms with E-state index in [4.69, 9.17) is 0 Å². The Morgan fingerprint density at radius 2 is 0.882 bits per heavy atom. The van der Waals surface area contributed by atoms with E-state index >= 15 is 0 Å². The number of fused-ring (bicyclic) bond motifs is 1. The van der Waals surface area contributed by atoms with Gasteiger partial charge in [0.2, 0.25) is 23.6 Å². The number of nitrogens with zero attached hydrogens (tertiary/aromatic N) is 2. The molecular weight excluding hydrogens is 436 g/mol. The average molecular weight is 456 g/mol. The van der Waals surface area contributed by atoms with Crippen molar-refractivity contribution < 1.29 is 29.4 Å². The van der Waals surface area contributed by atoms with Crippen molar-refractivity contribution in [1.82, 2.24) is 0 Å². The molecule has 8 nitrogen and oxygen atoms in total. The Morgan fingerprint density at radius 3 is 1.26 bits per heavy atom. The first-order valence-corrected chi connectivity index (χ1v) is 11.4. The zero-order chi connectivity index (χ0) is 23.5. The number of carbonyl (C=O) groups excluding carboxylic acids is 4. The van der Waals surface area contributed by atoms with Crippen LogP contribution in [0.5, 0.6) is 11.5 Å². The zero-order valence-corrected chi connectivity index (χ0v) is 17.8. The van der Waals surface area contributed by atoms with Gasteiger partial charge in [0.15, 0.2) is 0 Å².